The molecular formula is C19H15N5O2S. The van der Waals surface area contributed by atoms with Gasteiger partial charge in [-0.05, 0) is 24.3 Å². The van der Waals surface area contributed by atoms with Crippen molar-refractivity contribution in [2.75, 3.05) is 5.32 Å². The van der Waals surface area contributed by atoms with Crippen LogP contribution in [0, 0.1) is 0 Å². The van der Waals surface area contributed by atoms with E-state index in [2.05, 4.69) is 25.3 Å². The molecule has 0 aliphatic heterocycles. The molecule has 0 spiro atoms. The largest absolute Gasteiger partial charge is 0.459 e. The van der Waals surface area contributed by atoms with E-state index in [0.29, 0.717) is 17.7 Å². The Balaban J connectivity index is 1.56. The van der Waals surface area contributed by atoms with E-state index in [1.165, 1.54) is 18.3 Å². The van der Waals surface area contributed by atoms with Gasteiger partial charge < -0.3 is 10.1 Å². The maximum absolute atomic E-state index is 11.2. The van der Waals surface area contributed by atoms with E-state index in [9.17, 15) is 4.79 Å². The van der Waals surface area contributed by atoms with Crippen molar-refractivity contribution in [3.05, 3.63) is 60.6 Å². The summed E-state index contributed by atoms with van der Waals surface area (Å²) in [6, 6.07) is 11.8. The highest BCUT2D eigenvalue weighted by Crippen LogP contribution is 2.30. The third kappa shape index (κ3) is 4.06. The highest BCUT2D eigenvalue weighted by Gasteiger charge is 2.09. The Kier molecular flexibility index (Phi) is 4.71. The number of hydrogen-bond acceptors (Lipinski definition) is 7. The maximum atomic E-state index is 11.2. The van der Waals surface area contributed by atoms with Crippen molar-refractivity contribution in [2.45, 2.75) is 13.5 Å². The van der Waals surface area contributed by atoms with Crippen molar-refractivity contribution in [1.82, 2.24) is 19.9 Å². The minimum Gasteiger partial charge on any atom is -0.459 e. The number of anilines is 1. The highest BCUT2D eigenvalue weighted by atomic mass is 32.1. The second kappa shape index (κ2) is 7.46. The summed E-state index contributed by atoms with van der Waals surface area (Å²) in [7, 11) is 0. The molecule has 0 saturated carbocycles. The Bertz CT molecular complexity index is 1100. The van der Waals surface area contributed by atoms with Crippen molar-refractivity contribution < 1.29 is 9.53 Å². The molecule has 3 aromatic heterocycles. The van der Waals surface area contributed by atoms with Gasteiger partial charge in [0.25, 0.3) is 0 Å². The molecule has 1 N–H and O–H groups in total. The molecule has 7 nitrogen and oxygen atoms in total. The lowest BCUT2D eigenvalue weighted by Crippen LogP contribution is -2.04. The first-order chi connectivity index (χ1) is 13.2. The molecule has 0 saturated heterocycles. The van der Waals surface area contributed by atoms with Gasteiger partial charge in [-0.25, -0.2) is 9.97 Å². The zero-order chi connectivity index (χ0) is 18.6. The van der Waals surface area contributed by atoms with Gasteiger partial charge >= 0.3 is 6.01 Å². The SMILES string of the molecule is CC(=O)Nc1nc2ccc(-c3ccnc(OCc4cccnc4)n3)cc2s1. The first-order valence-corrected chi connectivity index (χ1v) is 9.02. The van der Waals surface area contributed by atoms with Crippen LogP contribution in [-0.2, 0) is 11.4 Å². The van der Waals surface area contributed by atoms with Crippen LogP contribution >= 0.6 is 11.3 Å². The smallest absolute Gasteiger partial charge is 0.317 e. The van der Waals surface area contributed by atoms with Gasteiger partial charge in [0.15, 0.2) is 5.13 Å². The summed E-state index contributed by atoms with van der Waals surface area (Å²) in [5.74, 6) is -0.138. The van der Waals surface area contributed by atoms with Crippen molar-refractivity contribution in [3.8, 4) is 17.3 Å². The number of ether oxygens (including phenoxy) is 1. The third-order valence-corrected chi connectivity index (χ3v) is 4.62. The second-order valence-corrected chi connectivity index (χ2v) is 6.79. The fourth-order valence-corrected chi connectivity index (χ4v) is 3.44. The first-order valence-electron chi connectivity index (χ1n) is 8.21. The summed E-state index contributed by atoms with van der Waals surface area (Å²) >= 11 is 1.42. The Labute approximate surface area is 159 Å². The van der Waals surface area contributed by atoms with Crippen molar-refractivity contribution in [2.24, 2.45) is 0 Å². The number of thiazole rings is 1. The van der Waals surface area contributed by atoms with Crippen LogP contribution in [0.1, 0.15) is 12.5 Å². The molecular weight excluding hydrogens is 362 g/mol. The van der Waals surface area contributed by atoms with E-state index in [0.717, 1.165) is 27.0 Å². The van der Waals surface area contributed by atoms with E-state index >= 15 is 0 Å². The van der Waals surface area contributed by atoms with Crippen molar-refractivity contribution >= 4 is 32.6 Å². The van der Waals surface area contributed by atoms with E-state index in [-0.39, 0.29) is 5.91 Å². The Morgan fingerprint density at radius 1 is 1.19 bits per heavy atom. The van der Waals surface area contributed by atoms with Crippen LogP contribution in [0.25, 0.3) is 21.5 Å². The molecule has 0 atom stereocenters. The first kappa shape index (κ1) is 17.0. The molecule has 0 fully saturated rings. The van der Waals surface area contributed by atoms with Gasteiger partial charge in [-0.3, -0.25) is 9.78 Å². The average molecular weight is 377 g/mol. The second-order valence-electron chi connectivity index (χ2n) is 5.76. The fraction of sp³-hybridized carbons (Fsp3) is 0.105. The monoisotopic (exact) mass is 377 g/mol. The minimum atomic E-state index is -0.138. The van der Waals surface area contributed by atoms with E-state index in [4.69, 9.17) is 4.74 Å². The molecule has 134 valence electrons. The number of pyridine rings is 1. The number of amides is 1. The quantitative estimate of drug-likeness (QED) is 0.570. The summed E-state index contributed by atoms with van der Waals surface area (Å²) in [5, 5.41) is 3.29. The number of carbonyl (C=O) groups excluding carboxylic acids is 1. The standard InChI is InChI=1S/C19H15N5O2S/c1-12(25)22-19-24-16-5-4-14(9-17(16)27-19)15-6-8-21-18(23-15)26-11-13-3-2-7-20-10-13/h2-10H,11H2,1H3,(H,22,24,25). The molecule has 1 aromatic carbocycles. The molecule has 0 radical (unpaired) electrons. The zero-order valence-electron chi connectivity index (χ0n) is 14.4. The third-order valence-electron chi connectivity index (χ3n) is 3.69. The molecule has 4 rings (SSSR count). The summed E-state index contributed by atoms with van der Waals surface area (Å²) in [4.78, 5) is 28.3. The van der Waals surface area contributed by atoms with Crippen molar-refractivity contribution in [1.29, 1.82) is 0 Å². The summed E-state index contributed by atoms with van der Waals surface area (Å²) < 4.78 is 6.64. The lowest BCUT2D eigenvalue weighted by molar-refractivity contribution is -0.114. The Morgan fingerprint density at radius 2 is 2.11 bits per heavy atom. The summed E-state index contributed by atoms with van der Waals surface area (Å²) in [6.45, 7) is 1.82. The van der Waals surface area contributed by atoms with Gasteiger partial charge in [-0.1, -0.05) is 23.5 Å². The number of nitrogens with one attached hydrogen (secondary N) is 1. The summed E-state index contributed by atoms with van der Waals surface area (Å²) in [6.07, 6.45) is 5.13. The molecule has 0 aliphatic carbocycles. The minimum absolute atomic E-state index is 0.138. The number of carbonyl (C=O) groups is 1. The van der Waals surface area contributed by atoms with E-state index < -0.39 is 0 Å². The fourth-order valence-electron chi connectivity index (χ4n) is 2.49. The zero-order valence-corrected chi connectivity index (χ0v) is 15.2. The molecule has 1 amide bonds. The Hall–Kier alpha value is -3.39. The molecule has 0 unspecified atom stereocenters. The number of nitrogens with zero attached hydrogens (tertiary/aromatic N) is 4. The van der Waals surface area contributed by atoms with E-state index in [1.807, 2.05) is 36.4 Å². The topological polar surface area (TPSA) is 89.9 Å². The number of rotatable bonds is 5. The number of fused-ring (bicyclic) bond motifs is 1. The normalized spacial score (nSPS) is 10.7. The average Bonchev–Trinajstić information content (AvgIpc) is 3.08. The predicted octanol–water partition coefficient (Wildman–Crippen LogP) is 3.69. The van der Waals surface area contributed by atoms with Gasteiger partial charge in [0.05, 0.1) is 15.9 Å². The summed E-state index contributed by atoms with van der Waals surface area (Å²) in [5.41, 5.74) is 3.45. The van der Waals surface area contributed by atoms with E-state index in [1.54, 1.807) is 18.6 Å². The van der Waals surface area contributed by atoms with Crippen molar-refractivity contribution in [3.63, 3.8) is 0 Å². The van der Waals surface area contributed by atoms with Gasteiger partial charge in [0, 0.05) is 36.6 Å². The number of benzene rings is 1. The van der Waals surface area contributed by atoms with Crippen LogP contribution in [-0.4, -0.2) is 25.8 Å². The number of aromatic nitrogens is 4. The Morgan fingerprint density at radius 3 is 2.93 bits per heavy atom. The lowest BCUT2D eigenvalue weighted by atomic mass is 10.1. The van der Waals surface area contributed by atoms with Crippen LogP contribution in [0.3, 0.4) is 0 Å². The maximum Gasteiger partial charge on any atom is 0.317 e. The molecule has 0 bridgehead atoms. The van der Waals surface area contributed by atoms with Crippen LogP contribution < -0.4 is 10.1 Å². The molecule has 0 aliphatic rings. The van der Waals surface area contributed by atoms with Crippen LogP contribution in [0.2, 0.25) is 0 Å². The van der Waals surface area contributed by atoms with Gasteiger partial charge in [-0.15, -0.1) is 0 Å². The van der Waals surface area contributed by atoms with Crippen LogP contribution in [0.15, 0.2) is 55.0 Å². The van der Waals surface area contributed by atoms with Gasteiger partial charge in [0.1, 0.15) is 6.61 Å². The number of hydrogen-bond donors (Lipinski definition) is 1. The predicted molar refractivity (Wildman–Crippen MR) is 104 cm³/mol. The molecule has 27 heavy (non-hydrogen) atoms. The van der Waals surface area contributed by atoms with Crippen LogP contribution in [0.4, 0.5) is 5.13 Å². The molecule has 3 heterocycles. The molecule has 4 aromatic rings. The molecule has 8 heteroatoms. The van der Waals surface area contributed by atoms with Gasteiger partial charge in [0.2, 0.25) is 5.91 Å². The van der Waals surface area contributed by atoms with Gasteiger partial charge in [-0.2, -0.15) is 4.98 Å². The lowest BCUT2D eigenvalue weighted by Gasteiger charge is -2.06. The van der Waals surface area contributed by atoms with Crippen LogP contribution in [0.5, 0.6) is 6.01 Å². The highest BCUT2D eigenvalue weighted by molar-refractivity contribution is 7.22.